The largest absolute Gasteiger partial charge is 0.480 e. The summed E-state index contributed by atoms with van der Waals surface area (Å²) in [4.78, 5) is 14.7. The third-order valence-corrected chi connectivity index (χ3v) is 3.28. The first kappa shape index (κ1) is 9.58. The molecule has 0 fully saturated rings. The minimum atomic E-state index is -0.805. The van der Waals surface area contributed by atoms with Crippen LogP contribution < -0.4 is 0 Å². The molecule has 0 aromatic carbocycles. The predicted octanol–water partition coefficient (Wildman–Crippen LogP) is 1.63. The molecule has 1 aliphatic rings. The van der Waals surface area contributed by atoms with E-state index in [1.165, 1.54) is 0 Å². The van der Waals surface area contributed by atoms with E-state index in [0.29, 0.717) is 11.7 Å². The molecular weight excluding hydrogens is 174 g/mol. The number of hydrogen-bond acceptors (Lipinski definition) is 3. The van der Waals surface area contributed by atoms with Crippen molar-refractivity contribution in [1.82, 2.24) is 0 Å². The quantitative estimate of drug-likeness (QED) is 0.730. The van der Waals surface area contributed by atoms with Gasteiger partial charge in [0.15, 0.2) is 6.04 Å². The second-order valence-corrected chi connectivity index (χ2v) is 3.98. The lowest BCUT2D eigenvalue weighted by Gasteiger charge is -2.05. The number of carboxylic acids is 1. The van der Waals surface area contributed by atoms with Crippen molar-refractivity contribution in [3.05, 3.63) is 0 Å². The Morgan fingerprint density at radius 2 is 2.58 bits per heavy atom. The molecule has 1 aliphatic heterocycles. The maximum absolute atomic E-state index is 10.5. The van der Waals surface area contributed by atoms with Crippen LogP contribution >= 0.6 is 11.8 Å². The van der Waals surface area contributed by atoms with E-state index in [9.17, 15) is 4.79 Å². The lowest BCUT2D eigenvalue weighted by molar-refractivity contribution is -0.137. The Balaban J connectivity index is 2.59. The number of thioether (sulfide) groups is 1. The first-order chi connectivity index (χ1) is 5.65. The Labute approximate surface area is 76.3 Å². The molecule has 3 nitrogen and oxygen atoms in total. The fourth-order valence-corrected chi connectivity index (χ4v) is 2.16. The Hall–Kier alpha value is -0.510. The number of aliphatic carboxylic acids is 1. The molecule has 4 heteroatoms. The average molecular weight is 187 g/mol. The summed E-state index contributed by atoms with van der Waals surface area (Å²) < 4.78 is 0. The molecule has 0 aromatic rings. The van der Waals surface area contributed by atoms with Crippen LogP contribution in [0.1, 0.15) is 20.3 Å². The van der Waals surface area contributed by atoms with Crippen molar-refractivity contribution in [2.45, 2.75) is 26.3 Å². The minimum absolute atomic E-state index is 0.416. The molecule has 1 N–H and O–H groups in total. The Morgan fingerprint density at radius 3 is 3.00 bits per heavy atom. The fourth-order valence-electron chi connectivity index (χ4n) is 0.963. The zero-order valence-corrected chi connectivity index (χ0v) is 8.10. The predicted molar refractivity (Wildman–Crippen MR) is 50.8 cm³/mol. The standard InChI is InChI=1S/C8H13NO2S/c1-3-5(2)7-9-6(4-12-7)8(10)11/h5-6H,3-4H2,1-2H3,(H,10,11). The molecule has 0 aliphatic carbocycles. The molecule has 0 spiro atoms. The second-order valence-electron chi connectivity index (χ2n) is 2.94. The van der Waals surface area contributed by atoms with E-state index in [-0.39, 0.29) is 0 Å². The topological polar surface area (TPSA) is 49.7 Å². The Kier molecular flexibility index (Phi) is 3.14. The molecule has 0 radical (unpaired) electrons. The summed E-state index contributed by atoms with van der Waals surface area (Å²) in [6.07, 6.45) is 1.03. The van der Waals surface area contributed by atoms with Gasteiger partial charge in [0.05, 0.1) is 5.04 Å². The van der Waals surface area contributed by atoms with Crippen molar-refractivity contribution in [3.63, 3.8) is 0 Å². The van der Waals surface area contributed by atoms with Crippen LogP contribution in [0.5, 0.6) is 0 Å². The van der Waals surface area contributed by atoms with E-state index in [1.54, 1.807) is 11.8 Å². The number of carboxylic acid groups (broad SMARTS) is 1. The summed E-state index contributed by atoms with van der Waals surface area (Å²) in [6.45, 7) is 4.16. The third kappa shape index (κ3) is 2.00. The maximum atomic E-state index is 10.5. The summed E-state index contributed by atoms with van der Waals surface area (Å²) in [7, 11) is 0. The lowest BCUT2D eigenvalue weighted by Crippen LogP contribution is -2.17. The molecule has 0 saturated carbocycles. The van der Waals surface area contributed by atoms with E-state index in [0.717, 1.165) is 11.5 Å². The highest BCUT2D eigenvalue weighted by molar-refractivity contribution is 8.14. The highest BCUT2D eigenvalue weighted by Gasteiger charge is 2.26. The van der Waals surface area contributed by atoms with Crippen molar-refractivity contribution in [2.24, 2.45) is 10.9 Å². The monoisotopic (exact) mass is 187 g/mol. The molecule has 1 heterocycles. The van der Waals surface area contributed by atoms with Crippen molar-refractivity contribution < 1.29 is 9.90 Å². The van der Waals surface area contributed by atoms with Crippen molar-refractivity contribution in [3.8, 4) is 0 Å². The van der Waals surface area contributed by atoms with E-state index in [4.69, 9.17) is 5.11 Å². The van der Waals surface area contributed by atoms with Gasteiger partial charge in [0.1, 0.15) is 0 Å². The van der Waals surface area contributed by atoms with Crippen molar-refractivity contribution in [2.75, 3.05) is 5.75 Å². The molecule has 0 aromatic heterocycles. The van der Waals surface area contributed by atoms with Crippen LogP contribution in [0, 0.1) is 5.92 Å². The van der Waals surface area contributed by atoms with Gasteiger partial charge in [-0.3, -0.25) is 4.99 Å². The van der Waals surface area contributed by atoms with Crippen molar-refractivity contribution >= 4 is 22.8 Å². The van der Waals surface area contributed by atoms with Gasteiger partial charge in [-0.15, -0.1) is 11.8 Å². The van der Waals surface area contributed by atoms with Gasteiger partial charge in [-0.2, -0.15) is 0 Å². The first-order valence-electron chi connectivity index (χ1n) is 4.08. The van der Waals surface area contributed by atoms with Crippen LogP contribution in [0.2, 0.25) is 0 Å². The van der Waals surface area contributed by atoms with Crippen LogP contribution in [0.25, 0.3) is 0 Å². The third-order valence-electron chi connectivity index (χ3n) is 1.99. The van der Waals surface area contributed by atoms with Gasteiger partial charge < -0.3 is 5.11 Å². The summed E-state index contributed by atoms with van der Waals surface area (Å²) in [5.74, 6) is 0.217. The average Bonchev–Trinajstić information content (AvgIpc) is 2.51. The molecule has 68 valence electrons. The van der Waals surface area contributed by atoms with Gasteiger partial charge in [0, 0.05) is 11.7 Å². The molecule has 12 heavy (non-hydrogen) atoms. The second kappa shape index (κ2) is 3.94. The van der Waals surface area contributed by atoms with Gasteiger partial charge in [-0.25, -0.2) is 4.79 Å². The molecule has 2 unspecified atom stereocenters. The molecule has 2 atom stereocenters. The molecule has 0 amide bonds. The minimum Gasteiger partial charge on any atom is -0.480 e. The number of hydrogen-bond donors (Lipinski definition) is 1. The van der Waals surface area contributed by atoms with E-state index in [1.807, 2.05) is 0 Å². The molecular formula is C8H13NO2S. The van der Waals surface area contributed by atoms with Crippen LogP contribution in [-0.4, -0.2) is 27.9 Å². The van der Waals surface area contributed by atoms with E-state index >= 15 is 0 Å². The maximum Gasteiger partial charge on any atom is 0.329 e. The molecule has 0 bridgehead atoms. The van der Waals surface area contributed by atoms with E-state index < -0.39 is 12.0 Å². The van der Waals surface area contributed by atoms with Crippen molar-refractivity contribution in [1.29, 1.82) is 0 Å². The van der Waals surface area contributed by atoms with Gasteiger partial charge in [-0.1, -0.05) is 13.8 Å². The first-order valence-corrected chi connectivity index (χ1v) is 5.07. The van der Waals surface area contributed by atoms with Gasteiger partial charge in [0.25, 0.3) is 0 Å². The molecule has 1 rings (SSSR count). The van der Waals surface area contributed by atoms with Gasteiger partial charge >= 0.3 is 5.97 Å². The van der Waals surface area contributed by atoms with Crippen LogP contribution in [-0.2, 0) is 4.79 Å². The summed E-state index contributed by atoms with van der Waals surface area (Å²) in [5, 5.41) is 9.67. The Bertz CT molecular complexity index is 215. The van der Waals surface area contributed by atoms with Gasteiger partial charge in [-0.05, 0) is 6.42 Å². The van der Waals surface area contributed by atoms with Crippen LogP contribution in [0.15, 0.2) is 4.99 Å². The normalized spacial score (nSPS) is 25.2. The fraction of sp³-hybridized carbons (Fsp3) is 0.750. The summed E-state index contributed by atoms with van der Waals surface area (Å²) in [6, 6.07) is -0.501. The van der Waals surface area contributed by atoms with Crippen LogP contribution in [0.4, 0.5) is 0 Å². The SMILES string of the molecule is CCC(C)C1=NC(C(=O)O)CS1. The zero-order chi connectivity index (χ0) is 9.14. The highest BCUT2D eigenvalue weighted by Crippen LogP contribution is 2.24. The smallest absolute Gasteiger partial charge is 0.329 e. The van der Waals surface area contributed by atoms with Gasteiger partial charge in [0.2, 0.25) is 0 Å². The van der Waals surface area contributed by atoms with Crippen LogP contribution in [0.3, 0.4) is 0 Å². The highest BCUT2D eigenvalue weighted by atomic mass is 32.2. The van der Waals surface area contributed by atoms with E-state index in [2.05, 4.69) is 18.8 Å². The summed E-state index contributed by atoms with van der Waals surface area (Å²) >= 11 is 1.58. The molecule has 0 saturated heterocycles. The summed E-state index contributed by atoms with van der Waals surface area (Å²) in [5.41, 5.74) is 0. The lowest BCUT2D eigenvalue weighted by atomic mass is 10.1. The number of nitrogens with zero attached hydrogens (tertiary/aromatic N) is 1. The number of carbonyl (C=O) groups is 1. The number of aliphatic imine (C=N–C) groups is 1. The zero-order valence-electron chi connectivity index (χ0n) is 7.28. The Morgan fingerprint density at radius 1 is 1.92 bits per heavy atom. The number of rotatable bonds is 3.